The molecule has 0 spiro atoms. The van der Waals surface area contributed by atoms with E-state index in [1.807, 2.05) is 0 Å². The zero-order chi connectivity index (χ0) is 17.9. The Kier molecular flexibility index (Phi) is 5.65. The normalized spacial score (nSPS) is 23.0. The molecule has 0 bridgehead atoms. The number of anilines is 1. The van der Waals surface area contributed by atoms with E-state index in [1.54, 1.807) is 7.11 Å². The highest BCUT2D eigenvalue weighted by molar-refractivity contribution is 7.15. The Morgan fingerprint density at radius 1 is 1.40 bits per heavy atom. The van der Waals surface area contributed by atoms with Gasteiger partial charge in [-0.2, -0.15) is 0 Å². The second kappa shape index (κ2) is 7.76. The van der Waals surface area contributed by atoms with Crippen molar-refractivity contribution in [3.05, 3.63) is 5.01 Å². The van der Waals surface area contributed by atoms with E-state index in [0.717, 1.165) is 32.1 Å². The Morgan fingerprint density at radius 3 is 2.88 bits per heavy atom. The molecule has 0 aromatic carbocycles. The Hall–Kier alpha value is -1.58. The van der Waals surface area contributed by atoms with Crippen molar-refractivity contribution in [1.82, 2.24) is 15.5 Å². The summed E-state index contributed by atoms with van der Waals surface area (Å²) in [4.78, 5) is 26.1. The van der Waals surface area contributed by atoms with Gasteiger partial charge in [0, 0.05) is 26.6 Å². The molecular weight excluding hydrogens is 344 g/mol. The van der Waals surface area contributed by atoms with Gasteiger partial charge >= 0.3 is 0 Å². The van der Waals surface area contributed by atoms with Crippen molar-refractivity contribution in [2.75, 3.05) is 25.1 Å². The van der Waals surface area contributed by atoms with Crippen molar-refractivity contribution in [2.24, 2.45) is 5.92 Å². The van der Waals surface area contributed by atoms with Crippen molar-refractivity contribution in [1.29, 1.82) is 0 Å². The first kappa shape index (κ1) is 18.2. The number of aromatic nitrogens is 2. The van der Waals surface area contributed by atoms with Crippen LogP contribution in [0.15, 0.2) is 0 Å². The Morgan fingerprint density at radius 2 is 2.16 bits per heavy atom. The van der Waals surface area contributed by atoms with Crippen LogP contribution in [0.5, 0.6) is 0 Å². The highest BCUT2D eigenvalue weighted by Crippen LogP contribution is 2.29. The monoisotopic (exact) mass is 368 g/mol. The summed E-state index contributed by atoms with van der Waals surface area (Å²) in [5.41, 5.74) is -0.801. The molecule has 2 amide bonds. The number of nitrogens with zero attached hydrogens (tertiary/aromatic N) is 3. The molecule has 2 heterocycles. The number of hydrogen-bond acceptors (Lipinski definition) is 7. The predicted molar refractivity (Wildman–Crippen MR) is 92.1 cm³/mol. The molecule has 1 saturated carbocycles. The molecule has 25 heavy (non-hydrogen) atoms. The number of hydrogen-bond donors (Lipinski definition) is 2. The van der Waals surface area contributed by atoms with Crippen molar-refractivity contribution < 1.29 is 19.4 Å². The van der Waals surface area contributed by atoms with E-state index in [-0.39, 0.29) is 24.8 Å². The van der Waals surface area contributed by atoms with Gasteiger partial charge in [-0.1, -0.05) is 30.6 Å². The van der Waals surface area contributed by atoms with Crippen LogP contribution in [0.2, 0.25) is 0 Å². The molecule has 1 atom stereocenters. The van der Waals surface area contributed by atoms with E-state index in [4.69, 9.17) is 4.74 Å². The standard InChI is InChI=1S/C16H24N4O4S/c1-24-9-12-18-19-15(25-12)20-8-11(7-13(20)21)14(22)17-10-16(23)5-3-2-4-6-16/h11,23H,2-10H2,1H3,(H,17,22). The lowest BCUT2D eigenvalue weighted by Crippen LogP contribution is -2.46. The number of rotatable bonds is 6. The first-order valence-electron chi connectivity index (χ1n) is 8.62. The first-order valence-corrected chi connectivity index (χ1v) is 9.44. The van der Waals surface area contributed by atoms with Crippen LogP contribution in [0, 0.1) is 5.92 Å². The zero-order valence-corrected chi connectivity index (χ0v) is 15.2. The fourth-order valence-corrected chi connectivity index (χ4v) is 4.22. The number of amides is 2. The second-order valence-electron chi connectivity index (χ2n) is 6.82. The number of aliphatic hydroxyl groups is 1. The molecule has 8 nitrogen and oxygen atoms in total. The molecule has 3 rings (SSSR count). The van der Waals surface area contributed by atoms with Crippen LogP contribution < -0.4 is 10.2 Å². The van der Waals surface area contributed by atoms with Crippen LogP contribution in [0.25, 0.3) is 0 Å². The summed E-state index contributed by atoms with van der Waals surface area (Å²) < 4.78 is 5.01. The molecule has 1 aromatic heterocycles. The van der Waals surface area contributed by atoms with Crippen LogP contribution in [0.3, 0.4) is 0 Å². The minimum absolute atomic E-state index is 0.128. The average Bonchev–Trinajstić information content (AvgIpc) is 3.20. The maximum atomic E-state index is 12.4. The first-order chi connectivity index (χ1) is 12.0. The molecule has 2 aliphatic rings. The van der Waals surface area contributed by atoms with Crippen molar-refractivity contribution in [3.8, 4) is 0 Å². The zero-order valence-electron chi connectivity index (χ0n) is 14.4. The lowest BCUT2D eigenvalue weighted by atomic mass is 9.85. The quantitative estimate of drug-likeness (QED) is 0.771. The van der Waals surface area contributed by atoms with Gasteiger partial charge in [0.2, 0.25) is 16.9 Å². The maximum Gasteiger partial charge on any atom is 0.229 e. The minimum Gasteiger partial charge on any atom is -0.388 e. The number of nitrogens with one attached hydrogen (secondary N) is 1. The van der Waals surface area contributed by atoms with Crippen molar-refractivity contribution >= 4 is 28.3 Å². The third kappa shape index (κ3) is 4.34. The molecule has 1 saturated heterocycles. The van der Waals surface area contributed by atoms with Crippen LogP contribution in [-0.2, 0) is 20.9 Å². The van der Waals surface area contributed by atoms with Crippen LogP contribution >= 0.6 is 11.3 Å². The molecule has 0 radical (unpaired) electrons. The summed E-state index contributed by atoms with van der Waals surface area (Å²) in [7, 11) is 1.57. The second-order valence-corrected chi connectivity index (χ2v) is 7.86. The fourth-order valence-electron chi connectivity index (χ4n) is 3.39. The summed E-state index contributed by atoms with van der Waals surface area (Å²) in [6.07, 6.45) is 4.71. The van der Waals surface area contributed by atoms with Gasteiger partial charge < -0.3 is 15.2 Å². The molecule has 1 aromatic rings. The Bertz CT molecular complexity index is 629. The summed E-state index contributed by atoms with van der Waals surface area (Å²) >= 11 is 1.29. The summed E-state index contributed by atoms with van der Waals surface area (Å²) in [5, 5.41) is 22.5. The average molecular weight is 368 g/mol. The molecular formula is C16H24N4O4S. The lowest BCUT2D eigenvalue weighted by Gasteiger charge is -2.32. The third-order valence-electron chi connectivity index (χ3n) is 4.83. The van der Waals surface area contributed by atoms with E-state index in [9.17, 15) is 14.7 Å². The van der Waals surface area contributed by atoms with Crippen LogP contribution in [0.4, 0.5) is 5.13 Å². The number of methoxy groups -OCH3 is 1. The van der Waals surface area contributed by atoms with E-state index in [1.165, 1.54) is 16.2 Å². The van der Waals surface area contributed by atoms with Crippen LogP contribution in [-0.4, -0.2) is 52.9 Å². The number of carbonyl (C=O) groups is 2. The van der Waals surface area contributed by atoms with Gasteiger partial charge in [0.05, 0.1) is 11.5 Å². The molecule has 1 aliphatic heterocycles. The van der Waals surface area contributed by atoms with Crippen LogP contribution in [0.1, 0.15) is 43.5 Å². The maximum absolute atomic E-state index is 12.4. The molecule has 138 valence electrons. The fraction of sp³-hybridized carbons (Fsp3) is 0.750. The predicted octanol–water partition coefficient (Wildman–Crippen LogP) is 0.849. The minimum atomic E-state index is -0.801. The SMILES string of the molecule is COCc1nnc(N2CC(C(=O)NCC3(O)CCCCC3)CC2=O)s1. The van der Waals surface area contributed by atoms with Crippen molar-refractivity contribution in [3.63, 3.8) is 0 Å². The number of carbonyl (C=O) groups excluding carboxylic acids is 2. The van der Waals surface area contributed by atoms with Gasteiger partial charge in [0.25, 0.3) is 0 Å². The van der Waals surface area contributed by atoms with Gasteiger partial charge in [-0.05, 0) is 12.8 Å². The molecule has 1 unspecified atom stereocenters. The van der Waals surface area contributed by atoms with E-state index >= 15 is 0 Å². The molecule has 9 heteroatoms. The largest absolute Gasteiger partial charge is 0.388 e. The van der Waals surface area contributed by atoms with E-state index in [2.05, 4.69) is 15.5 Å². The molecule has 2 fully saturated rings. The molecule has 2 N–H and O–H groups in total. The van der Waals surface area contributed by atoms with E-state index < -0.39 is 11.5 Å². The summed E-state index contributed by atoms with van der Waals surface area (Å²) in [6.45, 7) is 0.903. The highest BCUT2D eigenvalue weighted by Gasteiger charge is 2.38. The van der Waals surface area contributed by atoms with E-state index in [0.29, 0.717) is 23.3 Å². The number of ether oxygens (including phenoxy) is 1. The smallest absolute Gasteiger partial charge is 0.229 e. The summed E-state index contributed by atoms with van der Waals surface area (Å²) in [5.74, 6) is -0.734. The Labute approximate surface area is 150 Å². The third-order valence-corrected chi connectivity index (χ3v) is 5.75. The van der Waals surface area contributed by atoms with Crippen molar-refractivity contribution in [2.45, 2.75) is 50.7 Å². The van der Waals surface area contributed by atoms with Gasteiger partial charge in [-0.3, -0.25) is 14.5 Å². The summed E-state index contributed by atoms with van der Waals surface area (Å²) in [6, 6.07) is 0. The molecule has 1 aliphatic carbocycles. The van der Waals surface area contributed by atoms with Gasteiger partial charge in [0.15, 0.2) is 0 Å². The topological polar surface area (TPSA) is 105 Å². The van der Waals surface area contributed by atoms with Gasteiger partial charge in [-0.25, -0.2) is 0 Å². The van der Waals surface area contributed by atoms with Gasteiger partial charge in [-0.15, -0.1) is 10.2 Å². The lowest BCUT2D eigenvalue weighted by molar-refractivity contribution is -0.127. The Balaban J connectivity index is 1.55. The van der Waals surface area contributed by atoms with Gasteiger partial charge in [0.1, 0.15) is 11.6 Å². The highest BCUT2D eigenvalue weighted by atomic mass is 32.1.